The van der Waals surface area contributed by atoms with Gasteiger partial charge >= 0.3 is 6.61 Å². The second-order valence-electron chi connectivity index (χ2n) is 6.96. The molecule has 0 aliphatic rings. The van der Waals surface area contributed by atoms with E-state index in [0.717, 1.165) is 12.1 Å². The average molecular weight is 548 g/mol. The van der Waals surface area contributed by atoms with E-state index in [4.69, 9.17) is 4.74 Å². The molecule has 0 bridgehead atoms. The summed E-state index contributed by atoms with van der Waals surface area (Å²) in [7, 11) is 5.58. The number of hydrogen-bond donors (Lipinski definition) is 2. The van der Waals surface area contributed by atoms with Gasteiger partial charge in [-0.1, -0.05) is 24.3 Å². The lowest BCUT2D eigenvalue weighted by molar-refractivity contribution is -0.0504. The van der Waals surface area contributed by atoms with Crippen LogP contribution in [0.3, 0.4) is 0 Å². The molecular weight excluding hydrogens is 517 g/mol. The van der Waals surface area contributed by atoms with Crippen LogP contribution in [0.25, 0.3) is 0 Å². The van der Waals surface area contributed by atoms with Gasteiger partial charge in [-0.2, -0.15) is 8.78 Å². The van der Waals surface area contributed by atoms with Gasteiger partial charge in [-0.15, -0.1) is 24.0 Å². The molecule has 2 rings (SSSR count). The molecule has 0 heterocycles. The van der Waals surface area contributed by atoms with Crippen molar-refractivity contribution in [3.63, 3.8) is 0 Å². The Morgan fingerprint density at radius 1 is 1.10 bits per heavy atom. The molecule has 2 aromatic carbocycles. The Morgan fingerprint density at radius 3 is 2.48 bits per heavy atom. The smallest absolute Gasteiger partial charge is 0.387 e. The molecule has 0 saturated carbocycles. The second kappa shape index (κ2) is 14.0. The first-order chi connectivity index (χ1) is 14.4. The van der Waals surface area contributed by atoms with Gasteiger partial charge in [-0.25, -0.2) is 4.99 Å². The van der Waals surface area contributed by atoms with Crippen molar-refractivity contribution in [1.29, 1.82) is 0 Å². The Kier molecular flexibility index (Phi) is 12.2. The predicted octanol–water partition coefficient (Wildman–Crippen LogP) is 4.23. The lowest BCUT2D eigenvalue weighted by Crippen LogP contribution is -2.36. The summed E-state index contributed by atoms with van der Waals surface area (Å²) in [5.41, 5.74) is 2.86. The fourth-order valence-corrected chi connectivity index (χ4v) is 2.91. The fraction of sp³-hybridized carbons (Fsp3) is 0.409. The van der Waals surface area contributed by atoms with Crippen LogP contribution in [0.2, 0.25) is 0 Å². The molecule has 9 heteroatoms. The SMILES string of the molecule is CCNC(=NCc1cccc(CN(C)C)c1)NCc1cc(OC)ccc1OC(F)F.I. The summed E-state index contributed by atoms with van der Waals surface area (Å²) in [4.78, 5) is 6.73. The monoisotopic (exact) mass is 548 g/mol. The number of alkyl halides is 2. The highest BCUT2D eigenvalue weighted by atomic mass is 127. The lowest BCUT2D eigenvalue weighted by atomic mass is 10.1. The summed E-state index contributed by atoms with van der Waals surface area (Å²) in [6.45, 7) is 1.35. The number of aliphatic imine (C=N–C) groups is 1. The maximum Gasteiger partial charge on any atom is 0.387 e. The molecule has 0 atom stereocenters. The molecule has 0 fully saturated rings. The molecule has 31 heavy (non-hydrogen) atoms. The van der Waals surface area contributed by atoms with E-state index >= 15 is 0 Å². The Balaban J connectivity index is 0.00000480. The van der Waals surface area contributed by atoms with E-state index in [0.29, 0.717) is 30.4 Å². The molecule has 2 N–H and O–H groups in total. The molecule has 0 aliphatic carbocycles. The summed E-state index contributed by atoms with van der Waals surface area (Å²) in [5, 5.41) is 6.34. The van der Waals surface area contributed by atoms with E-state index in [9.17, 15) is 8.78 Å². The van der Waals surface area contributed by atoms with E-state index < -0.39 is 6.61 Å². The number of hydrogen-bond acceptors (Lipinski definition) is 4. The highest BCUT2D eigenvalue weighted by molar-refractivity contribution is 14.0. The minimum absolute atomic E-state index is 0. The van der Waals surface area contributed by atoms with Crippen LogP contribution < -0.4 is 20.1 Å². The van der Waals surface area contributed by atoms with Gasteiger partial charge in [-0.3, -0.25) is 0 Å². The zero-order chi connectivity index (χ0) is 21.9. The molecule has 6 nitrogen and oxygen atoms in total. The summed E-state index contributed by atoms with van der Waals surface area (Å²) in [6, 6.07) is 13.0. The van der Waals surface area contributed by atoms with Crippen molar-refractivity contribution in [1.82, 2.24) is 15.5 Å². The number of guanidine groups is 1. The van der Waals surface area contributed by atoms with Crippen molar-refractivity contribution in [2.75, 3.05) is 27.7 Å². The topological polar surface area (TPSA) is 58.1 Å². The summed E-state index contributed by atoms with van der Waals surface area (Å²) in [5.74, 6) is 1.25. The van der Waals surface area contributed by atoms with Gasteiger partial charge < -0.3 is 25.0 Å². The molecule has 0 saturated heterocycles. The van der Waals surface area contributed by atoms with E-state index in [2.05, 4.69) is 37.4 Å². The normalized spacial score (nSPS) is 11.3. The first-order valence-corrected chi connectivity index (χ1v) is 9.77. The van der Waals surface area contributed by atoms with E-state index in [-0.39, 0.29) is 36.3 Å². The second-order valence-corrected chi connectivity index (χ2v) is 6.96. The Hall–Kier alpha value is -2.14. The fourth-order valence-electron chi connectivity index (χ4n) is 2.91. The van der Waals surface area contributed by atoms with Gasteiger partial charge in [0.05, 0.1) is 13.7 Å². The van der Waals surface area contributed by atoms with Crippen molar-refractivity contribution >= 4 is 29.9 Å². The van der Waals surface area contributed by atoms with Gasteiger partial charge in [0.1, 0.15) is 11.5 Å². The maximum atomic E-state index is 12.7. The molecule has 0 aliphatic heterocycles. The summed E-state index contributed by atoms with van der Waals surface area (Å²) < 4.78 is 35.2. The minimum Gasteiger partial charge on any atom is -0.497 e. The number of nitrogens with zero attached hydrogens (tertiary/aromatic N) is 2. The molecule has 0 amide bonds. The molecule has 172 valence electrons. The maximum absolute atomic E-state index is 12.7. The van der Waals surface area contributed by atoms with Crippen LogP contribution in [0.1, 0.15) is 23.6 Å². The quantitative estimate of drug-likeness (QED) is 0.265. The van der Waals surface area contributed by atoms with Crippen LogP contribution in [0, 0.1) is 0 Å². The number of halogens is 3. The van der Waals surface area contributed by atoms with Crippen LogP contribution in [0.4, 0.5) is 8.78 Å². The van der Waals surface area contributed by atoms with Crippen molar-refractivity contribution in [2.24, 2.45) is 4.99 Å². The van der Waals surface area contributed by atoms with Gasteiger partial charge in [-0.05, 0) is 50.3 Å². The number of benzene rings is 2. The number of rotatable bonds is 10. The lowest BCUT2D eigenvalue weighted by Gasteiger charge is -2.15. The molecule has 0 unspecified atom stereocenters. The first-order valence-electron chi connectivity index (χ1n) is 9.77. The zero-order valence-electron chi connectivity index (χ0n) is 18.3. The number of methoxy groups -OCH3 is 1. The standard InChI is InChI=1S/C22H30F2N4O2.HI/c1-5-25-22(26-13-16-7-6-8-17(11-16)15-28(2)3)27-14-18-12-19(29-4)9-10-20(18)30-21(23)24;/h6-12,21H,5,13-15H2,1-4H3,(H2,25,26,27);1H. The molecule has 0 spiro atoms. The highest BCUT2D eigenvalue weighted by Gasteiger charge is 2.11. The van der Waals surface area contributed by atoms with Crippen molar-refractivity contribution in [3.8, 4) is 11.5 Å². The molecule has 2 aromatic rings. The molecule has 0 aromatic heterocycles. The Bertz CT molecular complexity index is 835. The number of nitrogens with one attached hydrogen (secondary N) is 2. The first kappa shape index (κ1) is 26.9. The van der Waals surface area contributed by atoms with Crippen LogP contribution in [0.15, 0.2) is 47.5 Å². The Morgan fingerprint density at radius 2 is 1.84 bits per heavy atom. The third-order valence-electron chi connectivity index (χ3n) is 4.18. The van der Waals surface area contributed by atoms with E-state index in [1.807, 2.05) is 33.2 Å². The van der Waals surface area contributed by atoms with Gasteiger partial charge in [0.25, 0.3) is 0 Å². The Labute approximate surface area is 200 Å². The molecular formula is C22H31F2IN4O2. The predicted molar refractivity (Wildman–Crippen MR) is 131 cm³/mol. The highest BCUT2D eigenvalue weighted by Crippen LogP contribution is 2.25. The van der Waals surface area contributed by atoms with Crippen LogP contribution in [0.5, 0.6) is 11.5 Å². The van der Waals surface area contributed by atoms with Crippen molar-refractivity contribution < 1.29 is 18.3 Å². The number of ether oxygens (including phenoxy) is 2. The summed E-state index contributed by atoms with van der Waals surface area (Å²) in [6.07, 6.45) is 0. The van der Waals surface area contributed by atoms with E-state index in [1.165, 1.54) is 18.7 Å². The van der Waals surface area contributed by atoms with Crippen molar-refractivity contribution in [2.45, 2.75) is 33.2 Å². The van der Waals surface area contributed by atoms with Crippen LogP contribution >= 0.6 is 24.0 Å². The van der Waals surface area contributed by atoms with Crippen molar-refractivity contribution in [3.05, 3.63) is 59.2 Å². The largest absolute Gasteiger partial charge is 0.497 e. The third kappa shape index (κ3) is 9.69. The molecule has 0 radical (unpaired) electrons. The minimum atomic E-state index is -2.89. The van der Waals surface area contributed by atoms with Gasteiger partial charge in [0, 0.05) is 25.2 Å². The average Bonchev–Trinajstić information content (AvgIpc) is 2.70. The van der Waals surface area contributed by atoms with Crippen LogP contribution in [-0.2, 0) is 19.6 Å². The zero-order valence-corrected chi connectivity index (χ0v) is 20.7. The van der Waals surface area contributed by atoms with Gasteiger partial charge in [0.15, 0.2) is 5.96 Å². The van der Waals surface area contributed by atoms with Crippen LogP contribution in [-0.4, -0.2) is 45.2 Å². The van der Waals surface area contributed by atoms with E-state index in [1.54, 1.807) is 12.1 Å². The summed E-state index contributed by atoms with van der Waals surface area (Å²) >= 11 is 0. The van der Waals surface area contributed by atoms with Gasteiger partial charge in [0.2, 0.25) is 0 Å². The third-order valence-corrected chi connectivity index (χ3v) is 4.18.